The average molecular weight is 245 g/mol. The second-order valence-electron chi connectivity index (χ2n) is 2.90. The molecule has 1 rings (SSSR count). The third-order valence-electron chi connectivity index (χ3n) is 1.70. The third-order valence-corrected chi connectivity index (χ3v) is 2.95. The molecule has 0 saturated heterocycles. The fourth-order valence-electron chi connectivity index (χ4n) is 0.991. The van der Waals surface area contributed by atoms with Crippen molar-refractivity contribution in [3.05, 3.63) is 21.9 Å². The van der Waals surface area contributed by atoms with E-state index in [-0.39, 0.29) is 17.9 Å². The molecule has 0 saturated carbocycles. The van der Waals surface area contributed by atoms with E-state index in [2.05, 4.69) is 0 Å². The lowest BCUT2D eigenvalue weighted by Crippen LogP contribution is -2.17. The maximum atomic E-state index is 13.1. The van der Waals surface area contributed by atoms with E-state index in [1.165, 1.54) is 0 Å². The van der Waals surface area contributed by atoms with Crippen LogP contribution in [0.5, 0.6) is 0 Å². The van der Waals surface area contributed by atoms with Crippen LogP contribution in [0.3, 0.4) is 0 Å². The van der Waals surface area contributed by atoms with Crippen molar-refractivity contribution < 1.29 is 22.0 Å². The summed E-state index contributed by atoms with van der Waals surface area (Å²) < 4.78 is 62.6. The molecule has 1 heterocycles. The zero-order valence-corrected chi connectivity index (χ0v) is 8.26. The first-order valence-electron chi connectivity index (χ1n) is 4.03. The summed E-state index contributed by atoms with van der Waals surface area (Å²) in [6, 6.07) is 1.45. The Morgan fingerprint density at radius 1 is 1.07 bits per heavy atom. The number of rotatable bonds is 3. The molecular formula is C8H8F5NS. The Morgan fingerprint density at radius 2 is 1.60 bits per heavy atom. The molecule has 86 valence electrons. The van der Waals surface area contributed by atoms with Crippen LogP contribution < -0.4 is 5.73 Å². The Kier molecular flexibility index (Phi) is 3.34. The van der Waals surface area contributed by atoms with Gasteiger partial charge in [0.1, 0.15) is 4.88 Å². The number of hydrogen-bond acceptors (Lipinski definition) is 2. The first-order valence-corrected chi connectivity index (χ1v) is 4.84. The van der Waals surface area contributed by atoms with Gasteiger partial charge in [0.25, 0.3) is 5.92 Å². The molecule has 1 nitrogen and oxygen atoms in total. The lowest BCUT2D eigenvalue weighted by atomic mass is 10.2. The van der Waals surface area contributed by atoms with Gasteiger partial charge in [0.05, 0.1) is 4.88 Å². The Labute approximate surface area is 86.7 Å². The van der Waals surface area contributed by atoms with Gasteiger partial charge in [-0.15, -0.1) is 11.3 Å². The summed E-state index contributed by atoms with van der Waals surface area (Å²) in [5, 5.41) is 0. The summed E-state index contributed by atoms with van der Waals surface area (Å²) in [5.74, 6) is -3.27. The summed E-state index contributed by atoms with van der Waals surface area (Å²) >= 11 is 0.0562. The lowest BCUT2D eigenvalue weighted by Gasteiger charge is -2.12. The molecule has 2 N–H and O–H groups in total. The summed E-state index contributed by atoms with van der Waals surface area (Å²) in [5.41, 5.74) is 4.95. The highest BCUT2D eigenvalue weighted by Crippen LogP contribution is 2.41. The molecule has 0 atom stereocenters. The molecule has 0 aliphatic heterocycles. The van der Waals surface area contributed by atoms with Gasteiger partial charge in [-0.1, -0.05) is 0 Å². The van der Waals surface area contributed by atoms with Crippen LogP contribution in [0.2, 0.25) is 0 Å². The quantitative estimate of drug-likeness (QED) is 0.813. The number of alkyl halides is 5. The van der Waals surface area contributed by atoms with Crippen molar-refractivity contribution in [2.45, 2.75) is 18.5 Å². The number of hydrogen-bond donors (Lipinski definition) is 1. The molecule has 0 aliphatic carbocycles. The molecule has 0 amide bonds. The van der Waals surface area contributed by atoms with Crippen molar-refractivity contribution in [1.82, 2.24) is 0 Å². The van der Waals surface area contributed by atoms with Crippen molar-refractivity contribution >= 4 is 11.3 Å². The maximum Gasteiger partial charge on any atom is 0.425 e. The zero-order valence-electron chi connectivity index (χ0n) is 7.44. The van der Waals surface area contributed by atoms with E-state index < -0.39 is 28.3 Å². The third kappa shape index (κ3) is 2.88. The summed E-state index contributed by atoms with van der Waals surface area (Å²) in [4.78, 5) is -1.62. The van der Waals surface area contributed by atoms with Gasteiger partial charge in [-0.05, 0) is 18.7 Å². The Morgan fingerprint density at radius 3 is 2.00 bits per heavy atom. The fraction of sp³-hybridized carbons (Fsp3) is 0.500. The highest BCUT2D eigenvalue weighted by Gasteiger charge is 2.37. The van der Waals surface area contributed by atoms with E-state index in [0.717, 1.165) is 6.07 Å². The highest BCUT2D eigenvalue weighted by atomic mass is 32.1. The predicted molar refractivity (Wildman–Crippen MR) is 46.9 cm³/mol. The Balaban J connectivity index is 2.94. The summed E-state index contributed by atoms with van der Waals surface area (Å²) in [7, 11) is 0. The minimum atomic E-state index is -4.57. The van der Waals surface area contributed by atoms with Gasteiger partial charge in [0, 0.05) is 6.42 Å². The topological polar surface area (TPSA) is 26.0 Å². The summed E-state index contributed by atoms with van der Waals surface area (Å²) in [6.45, 7) is -0.272. The van der Waals surface area contributed by atoms with Crippen LogP contribution in [0.25, 0.3) is 0 Å². The smallest absolute Gasteiger partial charge is 0.330 e. The van der Waals surface area contributed by atoms with Gasteiger partial charge < -0.3 is 5.73 Å². The van der Waals surface area contributed by atoms with E-state index in [9.17, 15) is 22.0 Å². The predicted octanol–water partition coefficient (Wildman–Crippen LogP) is 3.21. The average Bonchev–Trinajstić information content (AvgIpc) is 2.50. The first kappa shape index (κ1) is 12.4. The van der Waals surface area contributed by atoms with E-state index in [0.29, 0.717) is 6.07 Å². The molecule has 0 fully saturated rings. The fourth-order valence-corrected chi connectivity index (χ4v) is 1.87. The molecule has 7 heteroatoms. The molecular weight excluding hydrogens is 237 g/mol. The maximum absolute atomic E-state index is 13.1. The van der Waals surface area contributed by atoms with Crippen LogP contribution in [-0.2, 0) is 12.1 Å². The van der Waals surface area contributed by atoms with Crippen molar-refractivity contribution in [3.63, 3.8) is 0 Å². The number of halogens is 5. The van der Waals surface area contributed by atoms with Crippen LogP contribution in [0, 0.1) is 0 Å². The molecule has 0 radical (unpaired) electrons. The van der Waals surface area contributed by atoms with Crippen molar-refractivity contribution in [2.24, 2.45) is 5.73 Å². The number of nitrogens with two attached hydrogens (primary N) is 1. The van der Waals surface area contributed by atoms with E-state index >= 15 is 0 Å². The minimum Gasteiger partial charge on any atom is -0.330 e. The van der Waals surface area contributed by atoms with Crippen LogP contribution >= 0.6 is 11.3 Å². The van der Waals surface area contributed by atoms with Gasteiger partial charge in [-0.2, -0.15) is 13.2 Å². The van der Waals surface area contributed by atoms with Crippen LogP contribution in [0.15, 0.2) is 12.1 Å². The van der Waals surface area contributed by atoms with Gasteiger partial charge in [-0.3, -0.25) is 0 Å². The van der Waals surface area contributed by atoms with Gasteiger partial charge in [0.2, 0.25) is 0 Å². The van der Waals surface area contributed by atoms with Gasteiger partial charge in [0.15, 0.2) is 0 Å². The van der Waals surface area contributed by atoms with E-state index in [1.54, 1.807) is 0 Å². The van der Waals surface area contributed by atoms with Gasteiger partial charge in [-0.25, -0.2) is 8.78 Å². The Bertz CT molecular complexity index is 330. The normalized spacial score (nSPS) is 13.2. The van der Waals surface area contributed by atoms with Crippen molar-refractivity contribution in [3.8, 4) is 0 Å². The molecule has 15 heavy (non-hydrogen) atoms. The lowest BCUT2D eigenvalue weighted by molar-refractivity contribution is -0.134. The molecule has 0 bridgehead atoms. The summed E-state index contributed by atoms with van der Waals surface area (Å²) in [6.07, 6.45) is -5.22. The van der Waals surface area contributed by atoms with Crippen molar-refractivity contribution in [2.75, 3.05) is 6.54 Å². The largest absolute Gasteiger partial charge is 0.425 e. The van der Waals surface area contributed by atoms with Gasteiger partial charge >= 0.3 is 6.18 Å². The first-order chi connectivity index (χ1) is 6.77. The molecule has 0 spiro atoms. The SMILES string of the molecule is NCCC(F)(F)c1ccc(C(F)(F)F)s1. The second-order valence-corrected chi connectivity index (χ2v) is 3.99. The van der Waals surface area contributed by atoms with Crippen LogP contribution in [-0.4, -0.2) is 6.54 Å². The zero-order chi connectivity index (χ0) is 11.7. The minimum absolute atomic E-state index is 0.0562. The molecule has 0 aliphatic rings. The standard InChI is InChI=1S/C8H8F5NS/c9-7(10,3-4-14)5-1-2-6(15-5)8(11,12)13/h1-2H,3-4,14H2. The molecule has 0 unspecified atom stereocenters. The number of thiophene rings is 1. The van der Waals surface area contributed by atoms with E-state index in [4.69, 9.17) is 5.73 Å². The molecule has 0 aromatic carbocycles. The monoisotopic (exact) mass is 245 g/mol. The highest BCUT2D eigenvalue weighted by molar-refractivity contribution is 7.12. The Hall–Kier alpha value is -0.690. The second kappa shape index (κ2) is 4.05. The van der Waals surface area contributed by atoms with Crippen molar-refractivity contribution in [1.29, 1.82) is 0 Å². The molecule has 1 aromatic rings. The molecule has 1 aromatic heterocycles. The van der Waals surface area contributed by atoms with Crippen LogP contribution in [0.4, 0.5) is 22.0 Å². The van der Waals surface area contributed by atoms with E-state index in [1.807, 2.05) is 0 Å². The van der Waals surface area contributed by atoms with Crippen LogP contribution in [0.1, 0.15) is 16.2 Å².